The predicted octanol–water partition coefficient (Wildman–Crippen LogP) is 2.69. The minimum Gasteiger partial charge on any atom is -0.340 e. The lowest BCUT2D eigenvalue weighted by atomic mass is 10.1. The first-order chi connectivity index (χ1) is 10.2. The van der Waals surface area contributed by atoms with Crippen molar-refractivity contribution >= 4 is 23.5 Å². The summed E-state index contributed by atoms with van der Waals surface area (Å²) in [6.07, 6.45) is -5.08. The van der Waals surface area contributed by atoms with Gasteiger partial charge in [-0.3, -0.25) is 15.0 Å². The van der Waals surface area contributed by atoms with Gasteiger partial charge >= 0.3 is 17.9 Å². The lowest BCUT2D eigenvalue weighted by Crippen LogP contribution is -2.60. The van der Waals surface area contributed by atoms with Crippen molar-refractivity contribution in [1.82, 2.24) is 10.2 Å². The second-order valence-corrected chi connectivity index (χ2v) is 4.93. The summed E-state index contributed by atoms with van der Waals surface area (Å²) < 4.78 is 44.2. The predicted molar refractivity (Wildman–Crippen MR) is 70.9 cm³/mol. The fraction of sp³-hybridized carbons (Fsp3) is 0.385. The van der Waals surface area contributed by atoms with Gasteiger partial charge in [-0.2, -0.15) is 13.2 Å². The van der Waals surface area contributed by atoms with E-state index in [2.05, 4.69) is 4.74 Å². The van der Waals surface area contributed by atoms with Gasteiger partial charge in [0.1, 0.15) is 0 Å². The summed E-state index contributed by atoms with van der Waals surface area (Å²) in [6, 6.07) is 5.05. The maximum atomic E-state index is 13.2. The average Bonchev–Trinajstić information content (AvgIpc) is 2.66. The smallest absolute Gasteiger partial charge is 0.340 e. The highest BCUT2D eigenvalue weighted by Crippen LogP contribution is 2.37. The van der Waals surface area contributed by atoms with Crippen LogP contribution in [-0.2, 0) is 16.1 Å². The molecule has 2 rings (SSSR count). The highest BCUT2D eigenvalue weighted by Gasteiger charge is 2.69. The summed E-state index contributed by atoms with van der Waals surface area (Å²) in [7, 11) is 0. The van der Waals surface area contributed by atoms with Gasteiger partial charge in [0.2, 0.25) is 0 Å². The van der Waals surface area contributed by atoms with E-state index in [1.165, 1.54) is 19.1 Å². The van der Waals surface area contributed by atoms with Gasteiger partial charge in [0, 0.05) is 11.6 Å². The van der Waals surface area contributed by atoms with E-state index in [1.807, 2.05) is 0 Å². The van der Waals surface area contributed by atoms with Gasteiger partial charge in [-0.1, -0.05) is 29.8 Å². The van der Waals surface area contributed by atoms with Gasteiger partial charge in [0.15, 0.2) is 0 Å². The molecule has 1 heterocycles. The summed E-state index contributed by atoms with van der Waals surface area (Å²) in [4.78, 5) is 24.4. The van der Waals surface area contributed by atoms with Crippen LogP contribution in [-0.4, -0.2) is 35.3 Å². The molecule has 1 aliphatic rings. The number of carbonyl (C=O) groups is 2. The summed E-state index contributed by atoms with van der Waals surface area (Å²) in [5, 5.41) is 1.83. The van der Waals surface area contributed by atoms with Crippen LogP contribution < -0.4 is 5.32 Å². The van der Waals surface area contributed by atoms with Crippen LogP contribution in [0.5, 0.6) is 0 Å². The standard InChI is InChI=1S/C13H12ClF3N2O3/c1-2-22-12(13(15,16)17)10(20)19(11(21)18-12)7-8-5-3-4-6-9(8)14/h3-6H,2,7H2,1H3,(H,18,21)/t12-/m0/s1. The van der Waals surface area contributed by atoms with E-state index >= 15 is 0 Å². The Kier molecular flexibility index (Phi) is 4.35. The number of hydrogen-bond acceptors (Lipinski definition) is 3. The molecule has 1 aromatic carbocycles. The number of urea groups is 1. The van der Waals surface area contributed by atoms with Crippen LogP contribution >= 0.6 is 11.6 Å². The van der Waals surface area contributed by atoms with Crippen molar-refractivity contribution in [3.8, 4) is 0 Å². The molecule has 0 unspecified atom stereocenters. The van der Waals surface area contributed by atoms with E-state index in [0.29, 0.717) is 10.5 Å². The SMILES string of the molecule is CCO[C@@]1(C(F)(F)F)NC(=O)N(Cc2ccccc2Cl)C1=O. The highest BCUT2D eigenvalue weighted by atomic mass is 35.5. The molecule has 120 valence electrons. The molecule has 22 heavy (non-hydrogen) atoms. The fourth-order valence-electron chi connectivity index (χ4n) is 2.08. The van der Waals surface area contributed by atoms with Crippen molar-refractivity contribution in [3.05, 3.63) is 34.9 Å². The number of alkyl halides is 3. The molecule has 5 nitrogen and oxygen atoms in total. The van der Waals surface area contributed by atoms with Gasteiger partial charge in [0.05, 0.1) is 6.54 Å². The lowest BCUT2D eigenvalue weighted by Gasteiger charge is -2.28. The van der Waals surface area contributed by atoms with Crippen molar-refractivity contribution in [1.29, 1.82) is 0 Å². The Hall–Kier alpha value is -1.80. The number of benzene rings is 1. The number of halogens is 4. The van der Waals surface area contributed by atoms with Gasteiger partial charge in [0.25, 0.3) is 5.91 Å². The fourth-order valence-corrected chi connectivity index (χ4v) is 2.28. The van der Waals surface area contributed by atoms with Gasteiger partial charge < -0.3 is 4.74 Å². The zero-order valence-electron chi connectivity index (χ0n) is 11.4. The number of carbonyl (C=O) groups excluding carboxylic acids is 2. The van der Waals surface area contributed by atoms with Crippen LogP contribution in [0.2, 0.25) is 5.02 Å². The molecule has 0 saturated carbocycles. The van der Waals surface area contributed by atoms with E-state index in [9.17, 15) is 22.8 Å². The van der Waals surface area contributed by atoms with Crippen molar-refractivity contribution in [2.24, 2.45) is 0 Å². The van der Waals surface area contributed by atoms with Crippen LogP contribution in [0.4, 0.5) is 18.0 Å². The Labute approximate surface area is 129 Å². The second-order valence-electron chi connectivity index (χ2n) is 4.52. The minimum atomic E-state index is -5.08. The number of rotatable bonds is 4. The quantitative estimate of drug-likeness (QED) is 0.860. The zero-order chi connectivity index (χ0) is 16.5. The molecule has 1 aromatic rings. The Balaban J connectivity index is 2.34. The van der Waals surface area contributed by atoms with E-state index in [1.54, 1.807) is 17.4 Å². The molecule has 0 aliphatic carbocycles. The van der Waals surface area contributed by atoms with Crippen LogP contribution in [0, 0.1) is 0 Å². The maximum absolute atomic E-state index is 13.2. The normalized spacial score (nSPS) is 22.1. The van der Waals surface area contributed by atoms with Crippen molar-refractivity contribution in [2.45, 2.75) is 25.4 Å². The van der Waals surface area contributed by atoms with Gasteiger partial charge in [-0.15, -0.1) is 0 Å². The third-order valence-corrected chi connectivity index (χ3v) is 3.49. The Morgan fingerprint density at radius 1 is 1.32 bits per heavy atom. The van der Waals surface area contributed by atoms with E-state index in [4.69, 9.17) is 11.6 Å². The molecule has 1 N–H and O–H groups in total. The average molecular weight is 337 g/mol. The summed E-state index contributed by atoms with van der Waals surface area (Å²) in [6.45, 7) is 0.518. The van der Waals surface area contributed by atoms with Crippen LogP contribution in [0.15, 0.2) is 24.3 Å². The number of nitrogens with one attached hydrogen (secondary N) is 1. The van der Waals surface area contributed by atoms with Crippen molar-refractivity contribution in [2.75, 3.05) is 6.61 Å². The Morgan fingerprint density at radius 2 is 1.95 bits per heavy atom. The largest absolute Gasteiger partial charge is 0.446 e. The lowest BCUT2D eigenvalue weighted by molar-refractivity contribution is -0.270. The van der Waals surface area contributed by atoms with Crippen LogP contribution in [0.3, 0.4) is 0 Å². The first-order valence-corrected chi connectivity index (χ1v) is 6.69. The number of ether oxygens (including phenoxy) is 1. The topological polar surface area (TPSA) is 58.6 Å². The van der Waals surface area contributed by atoms with E-state index < -0.39 is 30.4 Å². The van der Waals surface area contributed by atoms with Gasteiger partial charge in [-0.05, 0) is 18.6 Å². The Bertz CT molecular complexity index is 608. The van der Waals surface area contributed by atoms with Gasteiger partial charge in [-0.25, -0.2) is 4.79 Å². The first-order valence-electron chi connectivity index (χ1n) is 6.31. The molecule has 9 heteroatoms. The second kappa shape index (κ2) is 5.77. The summed E-state index contributed by atoms with van der Waals surface area (Å²) >= 11 is 5.90. The third-order valence-electron chi connectivity index (χ3n) is 3.12. The molecule has 3 amide bonds. The molecule has 0 bridgehead atoms. The summed E-state index contributed by atoms with van der Waals surface area (Å²) in [5.74, 6) is -1.51. The summed E-state index contributed by atoms with van der Waals surface area (Å²) in [5.41, 5.74) is -3.00. The van der Waals surface area contributed by atoms with Crippen molar-refractivity contribution in [3.63, 3.8) is 0 Å². The maximum Gasteiger partial charge on any atom is 0.446 e. The number of amides is 3. The number of hydrogen-bond donors (Lipinski definition) is 1. The molecule has 1 fully saturated rings. The van der Waals surface area contributed by atoms with Crippen molar-refractivity contribution < 1.29 is 27.5 Å². The van der Waals surface area contributed by atoms with Crippen LogP contribution in [0.25, 0.3) is 0 Å². The minimum absolute atomic E-state index is 0.240. The Morgan fingerprint density at radius 3 is 2.50 bits per heavy atom. The van der Waals surface area contributed by atoms with E-state index in [0.717, 1.165) is 0 Å². The number of nitrogens with zero attached hydrogens (tertiary/aromatic N) is 1. The zero-order valence-corrected chi connectivity index (χ0v) is 12.2. The monoisotopic (exact) mass is 336 g/mol. The molecule has 1 aliphatic heterocycles. The number of imide groups is 1. The molecule has 0 spiro atoms. The molecular weight excluding hydrogens is 325 g/mol. The third kappa shape index (κ3) is 2.64. The van der Waals surface area contributed by atoms with Crippen LogP contribution in [0.1, 0.15) is 12.5 Å². The molecular formula is C13H12ClF3N2O3. The van der Waals surface area contributed by atoms with E-state index in [-0.39, 0.29) is 11.6 Å². The molecule has 0 aromatic heterocycles. The molecule has 0 radical (unpaired) electrons. The highest BCUT2D eigenvalue weighted by molar-refractivity contribution is 6.31. The molecule has 1 atom stereocenters. The molecule has 1 saturated heterocycles. The first kappa shape index (κ1) is 16.6.